The molecule has 5 rings (SSSR count). The van der Waals surface area contributed by atoms with Crippen LogP contribution < -0.4 is 15.9 Å². The van der Waals surface area contributed by atoms with Gasteiger partial charge in [-0.3, -0.25) is 4.90 Å². The molecule has 38 heavy (non-hydrogen) atoms. The summed E-state index contributed by atoms with van der Waals surface area (Å²) in [4.78, 5) is 30.4. The Hall–Kier alpha value is -5.12. The van der Waals surface area contributed by atoms with Crippen molar-refractivity contribution in [3.8, 4) is 16.8 Å². The Bertz CT molecular complexity index is 1630. The molecule has 0 bridgehead atoms. The van der Waals surface area contributed by atoms with E-state index >= 15 is 0 Å². The van der Waals surface area contributed by atoms with Crippen LogP contribution in [0.2, 0.25) is 0 Å². The molecule has 7 nitrogen and oxygen atoms in total. The fourth-order valence-corrected chi connectivity index (χ4v) is 4.00. The molecule has 0 fully saturated rings. The Morgan fingerprint density at radius 1 is 0.842 bits per heavy atom. The molecule has 0 aliphatic rings. The molecule has 0 aliphatic carbocycles. The van der Waals surface area contributed by atoms with Gasteiger partial charge in [-0.1, -0.05) is 60.7 Å². The fraction of sp³-hybridized carbons (Fsp3) is 0.0357. The smallest absolute Gasteiger partial charge is 0.307 e. The molecule has 0 aliphatic heterocycles. The van der Waals surface area contributed by atoms with E-state index in [9.17, 15) is 22.8 Å². The Morgan fingerprint density at radius 2 is 1.53 bits per heavy atom. The van der Waals surface area contributed by atoms with Crippen molar-refractivity contribution in [3.63, 3.8) is 0 Å². The third-order valence-electron chi connectivity index (χ3n) is 5.77. The number of halogens is 3. The summed E-state index contributed by atoms with van der Waals surface area (Å²) in [6.45, 7) is 0. The van der Waals surface area contributed by atoms with Gasteiger partial charge in [0.25, 0.3) is 0 Å². The Morgan fingerprint density at radius 3 is 2.21 bits per heavy atom. The number of benzene rings is 4. The van der Waals surface area contributed by atoms with Gasteiger partial charge >= 0.3 is 17.9 Å². The van der Waals surface area contributed by atoms with E-state index in [-0.39, 0.29) is 5.69 Å². The van der Waals surface area contributed by atoms with Gasteiger partial charge in [0.05, 0.1) is 22.6 Å². The number of aromatic amines is 1. The number of hydrogen-bond donors (Lipinski definition) is 2. The first kappa shape index (κ1) is 24.6. The quantitative estimate of drug-likeness (QED) is 0.276. The van der Waals surface area contributed by atoms with E-state index in [1.807, 2.05) is 42.5 Å². The number of nitrogens with one attached hydrogen (secondary N) is 2. The molecule has 10 heteroatoms. The van der Waals surface area contributed by atoms with Crippen molar-refractivity contribution >= 4 is 23.1 Å². The monoisotopic (exact) mass is 515 g/mol. The largest absolute Gasteiger partial charge is 0.416 e. The van der Waals surface area contributed by atoms with Crippen LogP contribution in [0.15, 0.2) is 114 Å². The second-order valence-corrected chi connectivity index (χ2v) is 8.28. The van der Waals surface area contributed by atoms with Crippen LogP contribution in [0.25, 0.3) is 16.8 Å². The Balaban J connectivity index is 1.58. The van der Waals surface area contributed by atoms with Crippen LogP contribution in [0, 0.1) is 0 Å². The van der Waals surface area contributed by atoms with E-state index in [4.69, 9.17) is 0 Å². The lowest BCUT2D eigenvalue weighted by Crippen LogP contribution is -2.31. The standard InChI is InChI=1S/C28H20F3N5O2/c29-28(30,31)21-9-6-10-22(17-21)33-27(38)36(23-15-13-20(14-16-23)19-7-2-1-3-8-19)25-12-5-4-11-24(25)35-18-32-26(37)34-35/h1-18H,(H,33,38)(H,34,37). The van der Waals surface area contributed by atoms with Gasteiger partial charge in [-0.15, -0.1) is 0 Å². The van der Waals surface area contributed by atoms with Crippen LogP contribution in [-0.2, 0) is 6.18 Å². The third-order valence-corrected chi connectivity index (χ3v) is 5.77. The minimum Gasteiger partial charge on any atom is -0.307 e. The minimum atomic E-state index is -4.56. The number of amides is 2. The van der Waals surface area contributed by atoms with Gasteiger partial charge in [0.15, 0.2) is 0 Å². The van der Waals surface area contributed by atoms with Gasteiger partial charge in [-0.05, 0) is 53.6 Å². The summed E-state index contributed by atoms with van der Waals surface area (Å²) in [5.41, 5.74) is 1.65. The topological polar surface area (TPSA) is 83.0 Å². The molecule has 0 spiro atoms. The number of urea groups is 1. The average Bonchev–Trinajstić information content (AvgIpc) is 3.36. The molecular weight excluding hydrogens is 495 g/mol. The molecule has 4 aromatic carbocycles. The van der Waals surface area contributed by atoms with Crippen LogP contribution in [0.3, 0.4) is 0 Å². The van der Waals surface area contributed by atoms with E-state index in [2.05, 4.69) is 15.4 Å². The maximum absolute atomic E-state index is 13.7. The minimum absolute atomic E-state index is 0.0238. The zero-order valence-electron chi connectivity index (χ0n) is 19.7. The number of carbonyl (C=O) groups is 1. The lowest BCUT2D eigenvalue weighted by atomic mass is 10.1. The second-order valence-electron chi connectivity index (χ2n) is 8.28. The van der Waals surface area contributed by atoms with Crippen molar-refractivity contribution in [2.45, 2.75) is 6.18 Å². The molecule has 2 N–H and O–H groups in total. The number of hydrogen-bond acceptors (Lipinski definition) is 3. The molecule has 0 atom stereocenters. The molecule has 1 heterocycles. The average molecular weight is 515 g/mol. The molecule has 0 saturated carbocycles. The first-order chi connectivity index (χ1) is 18.3. The van der Waals surface area contributed by atoms with E-state index in [1.54, 1.807) is 36.4 Å². The van der Waals surface area contributed by atoms with Gasteiger partial charge in [-0.2, -0.15) is 18.2 Å². The number of rotatable bonds is 5. The Kier molecular flexibility index (Phi) is 6.53. The predicted octanol–water partition coefficient (Wildman–Crippen LogP) is 6.62. The van der Waals surface area contributed by atoms with Crippen LogP contribution >= 0.6 is 0 Å². The molecule has 0 radical (unpaired) electrons. The van der Waals surface area contributed by atoms with Gasteiger partial charge in [0, 0.05) is 5.69 Å². The highest BCUT2D eigenvalue weighted by Crippen LogP contribution is 2.34. The zero-order chi connectivity index (χ0) is 26.7. The van der Waals surface area contributed by atoms with Gasteiger partial charge < -0.3 is 5.32 Å². The van der Waals surface area contributed by atoms with Crippen LogP contribution in [-0.4, -0.2) is 20.8 Å². The van der Waals surface area contributed by atoms with E-state index in [0.29, 0.717) is 17.1 Å². The van der Waals surface area contributed by atoms with E-state index in [1.165, 1.54) is 28.0 Å². The summed E-state index contributed by atoms with van der Waals surface area (Å²) in [5.74, 6) is 0. The molecular formula is C28H20F3N5O2. The molecule has 190 valence electrons. The maximum Gasteiger partial charge on any atom is 0.416 e. The molecule has 1 aromatic heterocycles. The lowest BCUT2D eigenvalue weighted by molar-refractivity contribution is -0.137. The summed E-state index contributed by atoms with van der Waals surface area (Å²) < 4.78 is 41.1. The van der Waals surface area contributed by atoms with E-state index in [0.717, 1.165) is 23.3 Å². The first-order valence-corrected chi connectivity index (χ1v) is 11.5. The van der Waals surface area contributed by atoms with Gasteiger partial charge in [-0.25, -0.2) is 19.4 Å². The first-order valence-electron chi connectivity index (χ1n) is 11.5. The van der Waals surface area contributed by atoms with E-state index < -0.39 is 23.5 Å². The second kappa shape index (κ2) is 10.1. The molecule has 5 aromatic rings. The number of H-pyrrole nitrogens is 1. The normalized spacial score (nSPS) is 11.2. The van der Waals surface area contributed by atoms with Crippen LogP contribution in [0.5, 0.6) is 0 Å². The van der Waals surface area contributed by atoms with Crippen molar-refractivity contribution in [1.29, 1.82) is 0 Å². The number of nitrogens with zero attached hydrogens (tertiary/aromatic N) is 3. The summed E-state index contributed by atoms with van der Waals surface area (Å²) in [7, 11) is 0. The van der Waals surface area contributed by atoms with Gasteiger partial charge in [0.1, 0.15) is 6.33 Å². The molecule has 0 unspecified atom stereocenters. The third kappa shape index (κ3) is 5.19. The van der Waals surface area contributed by atoms with Crippen molar-refractivity contribution < 1.29 is 18.0 Å². The van der Waals surface area contributed by atoms with Crippen molar-refractivity contribution in [3.05, 3.63) is 126 Å². The lowest BCUT2D eigenvalue weighted by Gasteiger charge is -2.26. The van der Waals surface area contributed by atoms with Crippen molar-refractivity contribution in [1.82, 2.24) is 14.8 Å². The van der Waals surface area contributed by atoms with Crippen molar-refractivity contribution in [2.24, 2.45) is 0 Å². The van der Waals surface area contributed by atoms with Crippen LogP contribution in [0.1, 0.15) is 5.56 Å². The predicted molar refractivity (Wildman–Crippen MR) is 139 cm³/mol. The number of alkyl halides is 3. The SMILES string of the molecule is O=C(Nc1cccc(C(F)(F)F)c1)N(c1ccc(-c2ccccc2)cc1)c1ccccc1-n1cnc(=O)[nH]1. The summed E-state index contributed by atoms with van der Waals surface area (Å²) >= 11 is 0. The summed E-state index contributed by atoms with van der Waals surface area (Å²) in [5, 5.41) is 5.12. The highest BCUT2D eigenvalue weighted by Gasteiger charge is 2.31. The summed E-state index contributed by atoms with van der Waals surface area (Å²) in [6.07, 6.45) is -3.28. The number of aromatic nitrogens is 3. The van der Waals surface area contributed by atoms with Gasteiger partial charge in [0.2, 0.25) is 0 Å². The number of carbonyl (C=O) groups excluding carboxylic acids is 1. The summed E-state index contributed by atoms with van der Waals surface area (Å²) in [6, 6.07) is 27.3. The van der Waals surface area contributed by atoms with Crippen LogP contribution in [0.4, 0.5) is 35.0 Å². The number of anilines is 3. The molecule has 2 amide bonds. The molecule has 0 saturated heterocycles. The highest BCUT2D eigenvalue weighted by atomic mass is 19.4. The Labute approximate surface area is 214 Å². The maximum atomic E-state index is 13.7. The highest BCUT2D eigenvalue weighted by molar-refractivity contribution is 6.08. The van der Waals surface area contributed by atoms with Crippen molar-refractivity contribution in [2.75, 3.05) is 10.2 Å². The zero-order valence-corrected chi connectivity index (χ0v) is 19.7. The fourth-order valence-electron chi connectivity index (χ4n) is 4.00. The number of para-hydroxylation sites is 2.